The van der Waals surface area contributed by atoms with E-state index >= 15 is 0 Å². The molecule has 172 valence electrons. The van der Waals surface area contributed by atoms with Crippen LogP contribution in [0, 0.1) is 0 Å². The van der Waals surface area contributed by atoms with Crippen LogP contribution in [-0.2, 0) is 22.5 Å². The summed E-state index contributed by atoms with van der Waals surface area (Å²) in [6.45, 7) is 3.51. The molecule has 7 heteroatoms. The van der Waals surface area contributed by atoms with E-state index in [2.05, 4.69) is 4.57 Å². The van der Waals surface area contributed by atoms with Crippen molar-refractivity contribution in [1.29, 1.82) is 0 Å². The normalized spacial score (nSPS) is 12.3. The first-order valence-electron chi connectivity index (χ1n) is 10.9. The number of carboxylic acid groups (broad SMARTS) is 1. The summed E-state index contributed by atoms with van der Waals surface area (Å²) in [4.78, 5) is 11.4. The Bertz CT molecular complexity index is 1210. The summed E-state index contributed by atoms with van der Waals surface area (Å²) in [7, 11) is 0. The van der Waals surface area contributed by atoms with Crippen LogP contribution in [0.25, 0.3) is 21.8 Å². The third-order valence-corrected chi connectivity index (χ3v) is 5.99. The van der Waals surface area contributed by atoms with Gasteiger partial charge in [0.2, 0.25) is 0 Å². The topological polar surface area (TPSA) is 60.7 Å². The molecule has 0 bridgehead atoms. The molecule has 0 spiro atoms. The Morgan fingerprint density at radius 2 is 1.55 bits per heavy atom. The first-order valence-corrected chi connectivity index (χ1v) is 11.6. The molecule has 0 amide bonds. The average Bonchev–Trinajstić information content (AvgIpc) is 3.09. The van der Waals surface area contributed by atoms with Gasteiger partial charge in [0.05, 0.1) is 6.54 Å². The predicted octanol–water partition coefficient (Wildman–Crippen LogP) is 6.60. The lowest BCUT2D eigenvalue weighted by Crippen LogP contribution is -2.26. The molecule has 4 rings (SSSR count). The van der Waals surface area contributed by atoms with Gasteiger partial charge in [-0.05, 0) is 60.5 Å². The Kier molecular flexibility index (Phi) is 7.43. The van der Waals surface area contributed by atoms with Crippen molar-refractivity contribution in [2.24, 2.45) is 0 Å². The van der Waals surface area contributed by atoms with Gasteiger partial charge in [-0.2, -0.15) is 0 Å². The average molecular weight is 486 g/mol. The van der Waals surface area contributed by atoms with Crippen molar-refractivity contribution in [3.05, 3.63) is 76.3 Å². The van der Waals surface area contributed by atoms with Crippen molar-refractivity contribution >= 4 is 51.0 Å². The van der Waals surface area contributed by atoms with Gasteiger partial charge in [0.25, 0.3) is 0 Å². The van der Waals surface area contributed by atoms with Crippen molar-refractivity contribution in [2.45, 2.75) is 32.4 Å². The van der Waals surface area contributed by atoms with Gasteiger partial charge in [-0.15, -0.1) is 0 Å². The molecule has 0 unspecified atom stereocenters. The first-order chi connectivity index (χ1) is 16.0. The van der Waals surface area contributed by atoms with E-state index in [4.69, 9.17) is 32.7 Å². The lowest BCUT2D eigenvalue weighted by atomic mass is 10.1. The highest BCUT2D eigenvalue weighted by Gasteiger charge is 2.18. The summed E-state index contributed by atoms with van der Waals surface area (Å²) in [5.41, 5.74) is 3.03. The van der Waals surface area contributed by atoms with Crippen LogP contribution in [0.15, 0.2) is 60.7 Å². The third-order valence-electron chi connectivity index (χ3n) is 5.52. The minimum Gasteiger partial charge on any atom is -0.492 e. The van der Waals surface area contributed by atoms with Crippen LogP contribution in [0.2, 0.25) is 10.0 Å². The van der Waals surface area contributed by atoms with E-state index < -0.39 is 12.1 Å². The molecule has 3 aromatic carbocycles. The van der Waals surface area contributed by atoms with Gasteiger partial charge in [-0.1, -0.05) is 42.3 Å². The SMILES string of the molecule is CCCO[C@@H](Cc1ccc(OCCn2c3ccc(Cl)cc3c3cc(Cl)ccc32)cc1)C(=O)O. The van der Waals surface area contributed by atoms with Gasteiger partial charge >= 0.3 is 5.97 Å². The zero-order valence-electron chi connectivity index (χ0n) is 18.3. The summed E-state index contributed by atoms with van der Waals surface area (Å²) in [6.07, 6.45) is 0.263. The smallest absolute Gasteiger partial charge is 0.333 e. The van der Waals surface area contributed by atoms with Crippen LogP contribution >= 0.6 is 23.2 Å². The number of hydrogen-bond acceptors (Lipinski definition) is 3. The van der Waals surface area contributed by atoms with Gasteiger partial charge in [0.1, 0.15) is 12.4 Å². The first kappa shape index (κ1) is 23.4. The molecule has 1 atom stereocenters. The van der Waals surface area contributed by atoms with Crippen molar-refractivity contribution in [3.63, 3.8) is 0 Å². The maximum absolute atomic E-state index is 11.4. The summed E-state index contributed by atoms with van der Waals surface area (Å²) in [5.74, 6) is -0.218. The van der Waals surface area contributed by atoms with Gasteiger partial charge < -0.3 is 19.1 Å². The van der Waals surface area contributed by atoms with Crippen LogP contribution in [0.3, 0.4) is 0 Å². The minimum absolute atomic E-state index is 0.322. The van der Waals surface area contributed by atoms with Crippen molar-refractivity contribution in [2.75, 3.05) is 13.2 Å². The highest BCUT2D eigenvalue weighted by Crippen LogP contribution is 2.32. The van der Waals surface area contributed by atoms with E-state index in [0.717, 1.165) is 39.5 Å². The molecule has 0 saturated heterocycles. The summed E-state index contributed by atoms with van der Waals surface area (Å²) in [5, 5.41) is 12.8. The Hall–Kier alpha value is -2.73. The predicted molar refractivity (Wildman–Crippen MR) is 133 cm³/mol. The number of fused-ring (bicyclic) bond motifs is 3. The molecular weight excluding hydrogens is 461 g/mol. The van der Waals surface area contributed by atoms with Gasteiger partial charge in [0.15, 0.2) is 6.10 Å². The zero-order valence-corrected chi connectivity index (χ0v) is 19.8. The van der Waals surface area contributed by atoms with E-state index in [1.54, 1.807) is 0 Å². The Morgan fingerprint density at radius 3 is 2.09 bits per heavy atom. The standard InChI is InChI=1S/C26H25Cl2NO4/c1-2-12-33-25(26(30)31)14-17-3-7-20(8-4-17)32-13-11-29-23-9-5-18(27)15-21(23)22-16-19(28)6-10-24(22)29/h3-10,15-16,25H,2,11-14H2,1H3,(H,30,31)/t25-/m0/s1. The summed E-state index contributed by atoms with van der Waals surface area (Å²) >= 11 is 12.5. The zero-order chi connectivity index (χ0) is 23.4. The largest absolute Gasteiger partial charge is 0.492 e. The quantitative estimate of drug-likeness (QED) is 0.274. The number of aliphatic carboxylic acids is 1. The number of hydrogen-bond donors (Lipinski definition) is 1. The lowest BCUT2D eigenvalue weighted by molar-refractivity contribution is -0.150. The number of ether oxygens (including phenoxy) is 2. The molecule has 4 aromatic rings. The molecular formula is C26H25Cl2NO4. The molecule has 5 nitrogen and oxygen atoms in total. The molecule has 0 aliphatic carbocycles. The highest BCUT2D eigenvalue weighted by molar-refractivity contribution is 6.33. The van der Waals surface area contributed by atoms with E-state index in [0.29, 0.717) is 36.2 Å². The van der Waals surface area contributed by atoms with Gasteiger partial charge in [0, 0.05) is 44.9 Å². The van der Waals surface area contributed by atoms with E-state index in [1.807, 2.05) is 67.6 Å². The summed E-state index contributed by atoms with van der Waals surface area (Å²) < 4.78 is 13.6. The molecule has 0 radical (unpaired) electrons. The maximum atomic E-state index is 11.4. The molecule has 1 heterocycles. The molecule has 33 heavy (non-hydrogen) atoms. The number of nitrogens with zero attached hydrogens (tertiary/aromatic N) is 1. The minimum atomic E-state index is -0.947. The van der Waals surface area contributed by atoms with Crippen LogP contribution < -0.4 is 4.74 Å². The van der Waals surface area contributed by atoms with Crippen molar-refractivity contribution in [3.8, 4) is 5.75 Å². The Labute approximate surface area is 202 Å². The van der Waals surface area contributed by atoms with Crippen LogP contribution in [-0.4, -0.2) is 35.0 Å². The second-order valence-corrected chi connectivity index (χ2v) is 8.74. The molecule has 0 aliphatic rings. The monoisotopic (exact) mass is 485 g/mol. The number of aromatic nitrogens is 1. The second kappa shape index (κ2) is 10.5. The summed E-state index contributed by atoms with van der Waals surface area (Å²) in [6, 6.07) is 19.2. The van der Waals surface area contributed by atoms with E-state index in [1.165, 1.54) is 0 Å². The molecule has 1 aromatic heterocycles. The van der Waals surface area contributed by atoms with Crippen LogP contribution in [0.4, 0.5) is 0 Å². The van der Waals surface area contributed by atoms with E-state index in [-0.39, 0.29) is 0 Å². The number of benzene rings is 3. The number of carboxylic acids is 1. The van der Waals surface area contributed by atoms with Crippen molar-refractivity contribution in [1.82, 2.24) is 4.57 Å². The molecule has 0 aliphatic heterocycles. The van der Waals surface area contributed by atoms with Crippen LogP contribution in [0.1, 0.15) is 18.9 Å². The highest BCUT2D eigenvalue weighted by atomic mass is 35.5. The number of halogens is 2. The van der Waals surface area contributed by atoms with E-state index in [9.17, 15) is 9.90 Å². The molecule has 1 N–H and O–H groups in total. The fraction of sp³-hybridized carbons (Fsp3) is 0.269. The number of carbonyl (C=O) groups is 1. The third kappa shape index (κ3) is 5.44. The molecule has 0 fully saturated rings. The Morgan fingerprint density at radius 1 is 0.939 bits per heavy atom. The fourth-order valence-corrected chi connectivity index (χ4v) is 4.30. The maximum Gasteiger partial charge on any atom is 0.333 e. The number of rotatable bonds is 10. The van der Waals surface area contributed by atoms with Gasteiger partial charge in [-0.3, -0.25) is 0 Å². The fourth-order valence-electron chi connectivity index (χ4n) is 3.96. The molecule has 0 saturated carbocycles. The lowest BCUT2D eigenvalue weighted by Gasteiger charge is -2.14. The Balaban J connectivity index is 1.45. The van der Waals surface area contributed by atoms with Crippen LogP contribution in [0.5, 0.6) is 5.75 Å². The second-order valence-electron chi connectivity index (χ2n) is 7.87. The van der Waals surface area contributed by atoms with Crippen molar-refractivity contribution < 1.29 is 19.4 Å². The van der Waals surface area contributed by atoms with Gasteiger partial charge in [-0.25, -0.2) is 4.79 Å².